The van der Waals surface area contributed by atoms with Crippen LogP contribution < -0.4 is 0 Å². The average Bonchev–Trinajstić information content (AvgIpc) is 3.15. The molecule has 0 spiro atoms. The molecule has 5 nitrogen and oxygen atoms in total. The summed E-state index contributed by atoms with van der Waals surface area (Å²) in [6, 6.07) is 10.5. The Morgan fingerprint density at radius 3 is 2.59 bits per heavy atom. The molecule has 0 radical (unpaired) electrons. The number of ether oxygens (including phenoxy) is 1. The highest BCUT2D eigenvalue weighted by molar-refractivity contribution is 5.81. The van der Waals surface area contributed by atoms with E-state index in [1.54, 1.807) is 4.68 Å². The maximum absolute atomic E-state index is 12.4. The SMILES string of the molecule is Cn1cc2cc(-c3ccc(C4(C)CC4C(=O)OC(C)(C)C)cc3)cnc2n1. The molecule has 3 aromatic rings. The monoisotopic (exact) mass is 363 g/mol. The highest BCUT2D eigenvalue weighted by Crippen LogP contribution is 2.55. The van der Waals surface area contributed by atoms with Gasteiger partial charge < -0.3 is 4.74 Å². The first-order valence-corrected chi connectivity index (χ1v) is 9.29. The zero-order chi connectivity index (χ0) is 19.4. The maximum Gasteiger partial charge on any atom is 0.310 e. The minimum absolute atomic E-state index is 0.0593. The van der Waals surface area contributed by atoms with Crippen LogP contribution in [0.4, 0.5) is 0 Å². The number of esters is 1. The summed E-state index contributed by atoms with van der Waals surface area (Å²) < 4.78 is 7.33. The van der Waals surface area contributed by atoms with Gasteiger partial charge in [-0.1, -0.05) is 31.2 Å². The fourth-order valence-electron chi connectivity index (χ4n) is 3.63. The van der Waals surface area contributed by atoms with E-state index in [1.807, 2.05) is 40.2 Å². The first-order valence-electron chi connectivity index (χ1n) is 9.29. The third-order valence-electron chi connectivity index (χ3n) is 5.28. The van der Waals surface area contributed by atoms with Gasteiger partial charge in [-0.25, -0.2) is 4.98 Å². The van der Waals surface area contributed by atoms with Gasteiger partial charge >= 0.3 is 5.97 Å². The maximum atomic E-state index is 12.4. The number of hydrogen-bond acceptors (Lipinski definition) is 4. The Morgan fingerprint density at radius 1 is 1.22 bits per heavy atom. The molecular formula is C22H25N3O2. The van der Waals surface area contributed by atoms with Crippen molar-refractivity contribution in [1.29, 1.82) is 0 Å². The number of hydrogen-bond donors (Lipinski definition) is 0. The fourth-order valence-corrected chi connectivity index (χ4v) is 3.63. The molecule has 2 aromatic heterocycles. The van der Waals surface area contributed by atoms with E-state index in [2.05, 4.69) is 47.3 Å². The van der Waals surface area contributed by atoms with E-state index in [-0.39, 0.29) is 17.3 Å². The molecule has 27 heavy (non-hydrogen) atoms. The smallest absolute Gasteiger partial charge is 0.310 e. The second-order valence-corrected chi connectivity index (χ2v) is 8.72. The number of pyridine rings is 1. The lowest BCUT2D eigenvalue weighted by atomic mass is 9.93. The number of carbonyl (C=O) groups excluding carboxylic acids is 1. The van der Waals surface area contributed by atoms with Crippen LogP contribution in [-0.2, 0) is 22.0 Å². The van der Waals surface area contributed by atoms with Gasteiger partial charge in [0.2, 0.25) is 0 Å². The normalized spacial score (nSPS) is 22.0. The van der Waals surface area contributed by atoms with Crippen molar-refractivity contribution in [3.05, 3.63) is 48.3 Å². The number of carbonyl (C=O) groups is 1. The Kier molecular flexibility index (Phi) is 3.88. The molecule has 1 aliphatic carbocycles. The van der Waals surface area contributed by atoms with E-state index >= 15 is 0 Å². The predicted octanol–water partition coefficient (Wildman–Crippen LogP) is 4.25. The Labute approximate surface area is 159 Å². The standard InChI is InChI=1S/C22H25N3O2/c1-21(2,3)27-20(26)18-11-22(18,4)17-8-6-14(7-9-17)15-10-16-13-25(5)24-19(16)23-12-15/h6-10,12-13,18H,11H2,1-5H3. The van der Waals surface area contributed by atoms with Crippen LogP contribution in [-0.4, -0.2) is 26.3 Å². The second kappa shape index (κ2) is 5.91. The van der Waals surface area contributed by atoms with E-state index in [0.29, 0.717) is 0 Å². The first-order chi connectivity index (χ1) is 12.7. The number of aryl methyl sites for hydroxylation is 1. The molecule has 2 unspecified atom stereocenters. The molecule has 0 amide bonds. The van der Waals surface area contributed by atoms with Crippen molar-refractivity contribution in [1.82, 2.24) is 14.8 Å². The van der Waals surface area contributed by atoms with Gasteiger partial charge in [-0.15, -0.1) is 0 Å². The van der Waals surface area contributed by atoms with Gasteiger partial charge in [0.15, 0.2) is 5.65 Å². The molecule has 0 bridgehead atoms. The van der Waals surface area contributed by atoms with Crippen molar-refractivity contribution in [3.8, 4) is 11.1 Å². The van der Waals surface area contributed by atoms with Crippen LogP contribution in [0.2, 0.25) is 0 Å². The zero-order valence-corrected chi connectivity index (χ0v) is 16.5. The largest absolute Gasteiger partial charge is 0.460 e. The van der Waals surface area contributed by atoms with Crippen molar-refractivity contribution in [2.45, 2.75) is 45.1 Å². The minimum Gasteiger partial charge on any atom is -0.460 e. The van der Waals surface area contributed by atoms with Crippen molar-refractivity contribution in [3.63, 3.8) is 0 Å². The van der Waals surface area contributed by atoms with Crippen LogP contribution in [0.5, 0.6) is 0 Å². The summed E-state index contributed by atoms with van der Waals surface area (Å²) >= 11 is 0. The van der Waals surface area contributed by atoms with Crippen LogP contribution in [0, 0.1) is 5.92 Å². The van der Waals surface area contributed by atoms with Gasteiger partial charge in [-0.2, -0.15) is 5.10 Å². The molecule has 1 saturated carbocycles. The van der Waals surface area contributed by atoms with E-state index in [4.69, 9.17) is 4.74 Å². The van der Waals surface area contributed by atoms with Gasteiger partial charge in [-0.05, 0) is 44.4 Å². The van der Waals surface area contributed by atoms with Crippen molar-refractivity contribution in [2.75, 3.05) is 0 Å². The quantitative estimate of drug-likeness (QED) is 0.653. The van der Waals surface area contributed by atoms with Crippen LogP contribution in [0.25, 0.3) is 22.2 Å². The summed E-state index contributed by atoms with van der Waals surface area (Å²) in [6.45, 7) is 7.87. The summed E-state index contributed by atoms with van der Waals surface area (Å²) in [4.78, 5) is 16.8. The molecule has 0 N–H and O–H groups in total. The molecule has 1 aliphatic rings. The minimum atomic E-state index is -0.442. The van der Waals surface area contributed by atoms with Crippen LogP contribution in [0.1, 0.15) is 39.7 Å². The van der Waals surface area contributed by atoms with Crippen molar-refractivity contribution in [2.24, 2.45) is 13.0 Å². The van der Waals surface area contributed by atoms with Crippen LogP contribution >= 0.6 is 0 Å². The molecule has 0 saturated heterocycles. The molecule has 2 heterocycles. The highest BCUT2D eigenvalue weighted by atomic mass is 16.6. The summed E-state index contributed by atoms with van der Waals surface area (Å²) in [7, 11) is 1.90. The van der Waals surface area contributed by atoms with E-state index in [9.17, 15) is 4.79 Å². The molecule has 1 aromatic carbocycles. The van der Waals surface area contributed by atoms with E-state index in [1.165, 1.54) is 5.56 Å². The van der Waals surface area contributed by atoms with Crippen LogP contribution in [0.15, 0.2) is 42.7 Å². The second-order valence-electron chi connectivity index (χ2n) is 8.72. The molecule has 0 aliphatic heterocycles. The van der Waals surface area contributed by atoms with E-state index < -0.39 is 5.60 Å². The Hall–Kier alpha value is -2.69. The molecule has 2 atom stereocenters. The van der Waals surface area contributed by atoms with Gasteiger partial charge in [0.1, 0.15) is 5.60 Å². The van der Waals surface area contributed by atoms with Crippen molar-refractivity contribution < 1.29 is 9.53 Å². The summed E-state index contributed by atoms with van der Waals surface area (Å²) in [5, 5.41) is 5.34. The molecule has 1 fully saturated rings. The summed E-state index contributed by atoms with van der Waals surface area (Å²) in [5.41, 5.74) is 3.53. The number of fused-ring (bicyclic) bond motifs is 1. The third kappa shape index (κ3) is 3.34. The molecule has 4 rings (SSSR count). The summed E-state index contributed by atoms with van der Waals surface area (Å²) in [5.74, 6) is -0.156. The lowest BCUT2D eigenvalue weighted by molar-refractivity contribution is -0.157. The number of rotatable bonds is 3. The van der Waals surface area contributed by atoms with Crippen molar-refractivity contribution >= 4 is 17.0 Å². The molecule has 140 valence electrons. The lowest BCUT2D eigenvalue weighted by Gasteiger charge is -2.20. The Morgan fingerprint density at radius 2 is 1.93 bits per heavy atom. The predicted molar refractivity (Wildman–Crippen MR) is 105 cm³/mol. The van der Waals surface area contributed by atoms with Crippen LogP contribution in [0.3, 0.4) is 0 Å². The fraction of sp³-hybridized carbons (Fsp3) is 0.409. The number of benzene rings is 1. The lowest BCUT2D eigenvalue weighted by Crippen LogP contribution is -2.26. The first kappa shape index (κ1) is 17.7. The zero-order valence-electron chi connectivity index (χ0n) is 16.5. The van der Waals surface area contributed by atoms with Gasteiger partial charge in [0.25, 0.3) is 0 Å². The van der Waals surface area contributed by atoms with E-state index in [0.717, 1.165) is 28.6 Å². The molecule has 5 heteroatoms. The summed E-state index contributed by atoms with van der Waals surface area (Å²) in [6.07, 6.45) is 4.66. The van der Waals surface area contributed by atoms with Gasteiger partial charge in [-0.3, -0.25) is 9.48 Å². The topological polar surface area (TPSA) is 57.0 Å². The Balaban J connectivity index is 1.54. The van der Waals surface area contributed by atoms with Gasteiger partial charge in [0, 0.05) is 35.8 Å². The average molecular weight is 363 g/mol. The number of nitrogens with zero attached hydrogens (tertiary/aromatic N) is 3. The highest BCUT2D eigenvalue weighted by Gasteiger charge is 2.57. The third-order valence-corrected chi connectivity index (χ3v) is 5.28. The Bertz CT molecular complexity index is 1010. The van der Waals surface area contributed by atoms with Gasteiger partial charge in [0.05, 0.1) is 5.92 Å². The number of aromatic nitrogens is 3. The molecular weight excluding hydrogens is 338 g/mol.